The molecule has 0 radical (unpaired) electrons. The van der Waals surface area contributed by atoms with E-state index in [1.807, 2.05) is 23.7 Å². The van der Waals surface area contributed by atoms with Crippen LogP contribution in [0.1, 0.15) is 26.3 Å². The third-order valence-electron chi connectivity index (χ3n) is 5.95. The van der Waals surface area contributed by atoms with Crippen LogP contribution in [0, 0.1) is 17.0 Å². The van der Waals surface area contributed by atoms with Crippen molar-refractivity contribution in [2.75, 3.05) is 31.9 Å². The molecule has 2 heterocycles. The Morgan fingerprint density at radius 2 is 1.62 bits per heavy atom. The number of aromatic nitrogens is 3. The number of ether oxygens (including phenoxy) is 2. The van der Waals surface area contributed by atoms with Gasteiger partial charge in [0.05, 0.1) is 51.5 Å². The Labute approximate surface area is 232 Å². The second-order valence-corrected chi connectivity index (χ2v) is 9.57. The maximum absolute atomic E-state index is 11.7. The van der Waals surface area contributed by atoms with Crippen LogP contribution in [0.5, 0.6) is 0 Å². The number of nitro benzene ring substituents is 1. The summed E-state index contributed by atoms with van der Waals surface area (Å²) < 4.78 is 12.3. The largest absolute Gasteiger partial charge is 0.465 e. The topological polar surface area (TPSA) is 151 Å². The monoisotopic (exact) mass is 562 g/mol. The minimum atomic E-state index is -0.597. The van der Waals surface area contributed by atoms with Gasteiger partial charge in [-0.05, 0) is 55.0 Å². The van der Waals surface area contributed by atoms with E-state index in [1.165, 1.54) is 38.0 Å². The molecule has 2 aromatic heterocycles. The van der Waals surface area contributed by atoms with Crippen LogP contribution in [0.15, 0.2) is 54.6 Å². The fourth-order valence-corrected chi connectivity index (χ4v) is 4.83. The molecule has 0 bridgehead atoms. The van der Waals surface area contributed by atoms with Gasteiger partial charge in [0.25, 0.3) is 5.69 Å². The SMILES string of the molecule is CNc1ccc(C(=O)OC)cc1[N+](=O)[O-].COC(=O)c1ccc2c(c1)nc(Nc1nc3ccc(C)cc3s1)n2C. The summed E-state index contributed by atoms with van der Waals surface area (Å²) in [4.78, 5) is 42.1. The van der Waals surface area contributed by atoms with Gasteiger partial charge in [0.1, 0.15) is 5.69 Å². The van der Waals surface area contributed by atoms with Crippen molar-refractivity contribution in [1.82, 2.24) is 14.5 Å². The second-order valence-electron chi connectivity index (χ2n) is 8.54. The first-order valence-corrected chi connectivity index (χ1v) is 12.7. The number of esters is 2. The van der Waals surface area contributed by atoms with Gasteiger partial charge in [-0.25, -0.2) is 19.6 Å². The Morgan fingerprint density at radius 1 is 0.950 bits per heavy atom. The van der Waals surface area contributed by atoms with Gasteiger partial charge >= 0.3 is 11.9 Å². The molecule has 0 atom stereocenters. The maximum atomic E-state index is 11.7. The van der Waals surface area contributed by atoms with Gasteiger partial charge in [-0.3, -0.25) is 10.1 Å². The third-order valence-corrected chi connectivity index (χ3v) is 6.88. The van der Waals surface area contributed by atoms with Gasteiger partial charge < -0.3 is 24.7 Å². The quantitative estimate of drug-likeness (QED) is 0.155. The average molecular weight is 563 g/mol. The molecule has 0 amide bonds. The van der Waals surface area contributed by atoms with Crippen LogP contribution in [-0.4, -0.2) is 52.7 Å². The zero-order valence-electron chi connectivity index (χ0n) is 22.3. The number of aryl methyl sites for hydroxylation is 2. The molecular formula is C27H26N6O6S. The number of thiazole rings is 1. The predicted molar refractivity (Wildman–Crippen MR) is 154 cm³/mol. The molecule has 0 fully saturated rings. The van der Waals surface area contributed by atoms with Crippen molar-refractivity contribution in [3.8, 4) is 0 Å². The van der Waals surface area contributed by atoms with Crippen LogP contribution >= 0.6 is 11.3 Å². The first kappa shape index (κ1) is 28.0. The number of nitrogens with zero attached hydrogens (tertiary/aromatic N) is 4. The number of nitrogens with one attached hydrogen (secondary N) is 2. The van der Waals surface area contributed by atoms with Crippen molar-refractivity contribution in [3.05, 3.63) is 81.4 Å². The number of anilines is 3. The molecule has 2 N–H and O–H groups in total. The Balaban J connectivity index is 0.000000212. The standard InChI is InChI=1S/C18H16N4O2S.C9H10N2O4/c1-10-4-6-12-15(8-10)25-18(20-12)21-17-19-13-9-11(16(23)24-3)5-7-14(13)22(17)2;1-10-7-4-3-6(9(12)15-2)5-8(7)11(13)14/h4-9H,1-3H3,(H,19,20,21);3-5,10H,1-2H3. The van der Waals surface area contributed by atoms with Crippen LogP contribution in [0.2, 0.25) is 0 Å². The fraction of sp³-hybridized carbons (Fsp3) is 0.185. The highest BCUT2D eigenvalue weighted by Crippen LogP contribution is 2.30. The molecule has 3 aromatic carbocycles. The Hall–Kier alpha value is -5.04. The normalized spacial score (nSPS) is 10.5. The van der Waals surface area contributed by atoms with E-state index < -0.39 is 10.9 Å². The van der Waals surface area contributed by atoms with Crippen LogP contribution in [0.25, 0.3) is 21.3 Å². The summed E-state index contributed by atoms with van der Waals surface area (Å²) in [6.45, 7) is 2.07. The summed E-state index contributed by atoms with van der Waals surface area (Å²) in [7, 11) is 6.08. The van der Waals surface area contributed by atoms with Crippen LogP contribution in [-0.2, 0) is 16.5 Å². The smallest absolute Gasteiger partial charge is 0.338 e. The molecule has 0 aliphatic carbocycles. The number of fused-ring (bicyclic) bond motifs is 2. The molecule has 40 heavy (non-hydrogen) atoms. The molecule has 12 nitrogen and oxygen atoms in total. The van der Waals surface area contributed by atoms with Crippen molar-refractivity contribution in [2.45, 2.75) is 6.92 Å². The van der Waals surface area contributed by atoms with Crippen molar-refractivity contribution < 1.29 is 24.0 Å². The summed E-state index contributed by atoms with van der Waals surface area (Å²) >= 11 is 1.59. The minimum Gasteiger partial charge on any atom is -0.465 e. The minimum absolute atomic E-state index is 0.152. The van der Waals surface area contributed by atoms with Crippen LogP contribution < -0.4 is 10.6 Å². The van der Waals surface area contributed by atoms with Gasteiger partial charge in [0.15, 0.2) is 5.13 Å². The van der Waals surface area contributed by atoms with Crippen molar-refractivity contribution in [2.24, 2.45) is 7.05 Å². The number of carbonyl (C=O) groups is 2. The fourth-order valence-electron chi connectivity index (χ4n) is 3.88. The Bertz CT molecular complexity index is 1740. The van der Waals surface area contributed by atoms with E-state index in [-0.39, 0.29) is 17.2 Å². The van der Waals surface area contributed by atoms with Crippen LogP contribution in [0.4, 0.5) is 22.5 Å². The lowest BCUT2D eigenvalue weighted by Crippen LogP contribution is -2.03. The van der Waals surface area contributed by atoms with E-state index in [0.29, 0.717) is 17.2 Å². The number of carbonyl (C=O) groups excluding carboxylic acids is 2. The third kappa shape index (κ3) is 5.83. The lowest BCUT2D eigenvalue weighted by Gasteiger charge is -2.03. The molecular weight excluding hydrogens is 536 g/mol. The lowest BCUT2D eigenvalue weighted by molar-refractivity contribution is -0.384. The summed E-state index contributed by atoms with van der Waals surface area (Å²) in [6, 6.07) is 15.6. The Morgan fingerprint density at radius 3 is 2.27 bits per heavy atom. The number of nitro groups is 1. The molecule has 0 aliphatic rings. The number of rotatable bonds is 6. The molecule has 206 valence electrons. The zero-order chi connectivity index (χ0) is 29.0. The zero-order valence-corrected chi connectivity index (χ0v) is 23.2. The number of hydrogen-bond donors (Lipinski definition) is 2. The van der Waals surface area contributed by atoms with Gasteiger partial charge in [-0.2, -0.15) is 0 Å². The summed E-state index contributed by atoms with van der Waals surface area (Å²) in [5.74, 6) is -0.294. The maximum Gasteiger partial charge on any atom is 0.338 e. The molecule has 0 aliphatic heterocycles. The van der Waals surface area contributed by atoms with Gasteiger partial charge in [0, 0.05) is 20.2 Å². The van der Waals surface area contributed by atoms with E-state index in [2.05, 4.69) is 44.4 Å². The number of imidazole rings is 1. The van der Waals surface area contributed by atoms with Gasteiger partial charge in [0.2, 0.25) is 5.95 Å². The number of hydrogen-bond acceptors (Lipinski definition) is 11. The first-order valence-electron chi connectivity index (χ1n) is 11.9. The first-order chi connectivity index (χ1) is 19.1. The van der Waals surface area contributed by atoms with Crippen molar-refractivity contribution in [1.29, 1.82) is 0 Å². The van der Waals surface area contributed by atoms with E-state index in [1.54, 1.807) is 30.5 Å². The summed E-state index contributed by atoms with van der Waals surface area (Å²) in [5.41, 5.74) is 4.66. The second kappa shape index (κ2) is 11.8. The van der Waals surface area contributed by atoms with Gasteiger partial charge in [-0.1, -0.05) is 17.4 Å². The Kier molecular flexibility index (Phi) is 8.24. The molecule has 0 saturated carbocycles. The molecule has 0 spiro atoms. The molecule has 5 aromatic rings. The molecule has 13 heteroatoms. The van der Waals surface area contributed by atoms with Crippen molar-refractivity contribution in [3.63, 3.8) is 0 Å². The number of benzene rings is 3. The average Bonchev–Trinajstić information content (AvgIpc) is 3.50. The highest BCUT2D eigenvalue weighted by atomic mass is 32.1. The summed E-state index contributed by atoms with van der Waals surface area (Å²) in [6.07, 6.45) is 0. The highest BCUT2D eigenvalue weighted by molar-refractivity contribution is 7.22. The summed E-state index contributed by atoms with van der Waals surface area (Å²) in [5, 5.41) is 17.4. The highest BCUT2D eigenvalue weighted by Gasteiger charge is 2.17. The number of methoxy groups -OCH3 is 2. The molecule has 5 rings (SSSR count). The molecule has 0 saturated heterocycles. The van der Waals surface area contributed by atoms with E-state index >= 15 is 0 Å². The van der Waals surface area contributed by atoms with E-state index in [9.17, 15) is 19.7 Å². The van der Waals surface area contributed by atoms with E-state index in [0.717, 1.165) is 26.4 Å². The van der Waals surface area contributed by atoms with Crippen LogP contribution in [0.3, 0.4) is 0 Å². The van der Waals surface area contributed by atoms with E-state index in [4.69, 9.17) is 4.74 Å². The lowest BCUT2D eigenvalue weighted by atomic mass is 10.2. The van der Waals surface area contributed by atoms with Crippen molar-refractivity contribution >= 4 is 67.0 Å². The predicted octanol–water partition coefficient (Wildman–Crippen LogP) is 5.44. The molecule has 0 unspecified atom stereocenters. The van der Waals surface area contributed by atoms with Gasteiger partial charge in [-0.15, -0.1) is 0 Å².